The zero-order valence-corrected chi connectivity index (χ0v) is 13.0. The Labute approximate surface area is 125 Å². The third kappa shape index (κ3) is 3.02. The monoisotopic (exact) mass is 337 g/mol. The van der Waals surface area contributed by atoms with Crippen LogP contribution in [0, 0.1) is 0 Å². The number of rotatable bonds is 4. The summed E-state index contributed by atoms with van der Waals surface area (Å²) in [6, 6.07) is 8.75. The molecule has 3 rings (SSSR count). The summed E-state index contributed by atoms with van der Waals surface area (Å²) in [6.07, 6.45) is 3.03. The van der Waals surface area contributed by atoms with Crippen molar-refractivity contribution in [3.8, 4) is 5.75 Å². The number of hydrogen-bond acceptors (Lipinski definition) is 3. The van der Waals surface area contributed by atoms with E-state index in [0.29, 0.717) is 0 Å². The summed E-state index contributed by atoms with van der Waals surface area (Å²) >= 11 is 5.19. The minimum atomic E-state index is 0.126. The molecule has 2 nitrogen and oxygen atoms in total. The molecule has 0 bridgehead atoms. The Balaban J connectivity index is 1.63. The van der Waals surface area contributed by atoms with Crippen LogP contribution in [0.25, 0.3) is 0 Å². The molecule has 2 aromatic rings. The SMILES string of the molecule is NC(CCc1ccc2c(c1)CCO2)c1cc(Br)cs1. The first kappa shape index (κ1) is 13.2. The van der Waals surface area contributed by atoms with Gasteiger partial charge in [-0.3, -0.25) is 0 Å². The lowest BCUT2D eigenvalue weighted by atomic mass is 10.0. The van der Waals surface area contributed by atoms with E-state index in [4.69, 9.17) is 10.5 Å². The topological polar surface area (TPSA) is 35.2 Å². The summed E-state index contributed by atoms with van der Waals surface area (Å²) in [6.45, 7) is 0.821. The highest BCUT2D eigenvalue weighted by atomic mass is 79.9. The van der Waals surface area contributed by atoms with Gasteiger partial charge < -0.3 is 10.5 Å². The molecule has 0 radical (unpaired) electrons. The minimum absolute atomic E-state index is 0.126. The van der Waals surface area contributed by atoms with Gasteiger partial charge in [0, 0.05) is 27.2 Å². The molecule has 1 aromatic carbocycles. The Morgan fingerprint density at radius 2 is 2.26 bits per heavy atom. The fraction of sp³-hybridized carbons (Fsp3) is 0.333. The Morgan fingerprint density at radius 3 is 3.05 bits per heavy atom. The minimum Gasteiger partial charge on any atom is -0.493 e. The average Bonchev–Trinajstić information content (AvgIpc) is 3.03. The molecule has 0 amide bonds. The molecule has 1 aliphatic heterocycles. The van der Waals surface area contributed by atoms with Crippen molar-refractivity contribution in [1.82, 2.24) is 0 Å². The Bertz CT molecular complexity index is 581. The van der Waals surface area contributed by atoms with Crippen molar-refractivity contribution >= 4 is 27.3 Å². The van der Waals surface area contributed by atoms with Crippen molar-refractivity contribution in [2.45, 2.75) is 25.3 Å². The molecule has 1 aromatic heterocycles. The largest absolute Gasteiger partial charge is 0.493 e. The molecule has 2 N–H and O–H groups in total. The van der Waals surface area contributed by atoms with E-state index in [1.807, 2.05) is 0 Å². The predicted molar refractivity (Wildman–Crippen MR) is 82.9 cm³/mol. The number of thiophene rings is 1. The van der Waals surface area contributed by atoms with Crippen LogP contribution in [0.3, 0.4) is 0 Å². The van der Waals surface area contributed by atoms with E-state index in [1.165, 1.54) is 16.0 Å². The Morgan fingerprint density at radius 1 is 1.37 bits per heavy atom. The maximum absolute atomic E-state index is 6.23. The maximum Gasteiger partial charge on any atom is 0.122 e. The highest BCUT2D eigenvalue weighted by Crippen LogP contribution is 2.29. The van der Waals surface area contributed by atoms with Gasteiger partial charge in [0.2, 0.25) is 0 Å². The van der Waals surface area contributed by atoms with Crippen LogP contribution in [0.15, 0.2) is 34.1 Å². The molecular weight excluding hydrogens is 322 g/mol. The van der Waals surface area contributed by atoms with Crippen LogP contribution in [0.5, 0.6) is 5.75 Å². The van der Waals surface area contributed by atoms with Gasteiger partial charge in [0.15, 0.2) is 0 Å². The van der Waals surface area contributed by atoms with Gasteiger partial charge in [0.25, 0.3) is 0 Å². The van der Waals surface area contributed by atoms with Crippen LogP contribution in [0.4, 0.5) is 0 Å². The van der Waals surface area contributed by atoms with E-state index in [0.717, 1.165) is 36.1 Å². The number of aryl methyl sites for hydroxylation is 1. The van der Waals surface area contributed by atoms with Crippen molar-refractivity contribution in [3.05, 3.63) is 50.1 Å². The third-order valence-corrected chi connectivity index (χ3v) is 5.28. The summed E-state index contributed by atoms with van der Waals surface area (Å²) < 4.78 is 6.65. The molecule has 2 heterocycles. The van der Waals surface area contributed by atoms with Crippen molar-refractivity contribution in [3.63, 3.8) is 0 Å². The number of fused-ring (bicyclic) bond motifs is 1. The normalized spacial score (nSPS) is 15.1. The standard InChI is InChI=1S/C15H16BrNOS/c16-12-8-15(19-9-12)13(17)3-1-10-2-4-14-11(7-10)5-6-18-14/h2,4,7-9,13H,1,3,5-6,17H2. The maximum atomic E-state index is 6.23. The van der Waals surface area contributed by atoms with Gasteiger partial charge >= 0.3 is 0 Å². The van der Waals surface area contributed by atoms with Crippen LogP contribution in [-0.4, -0.2) is 6.61 Å². The Kier molecular flexibility index (Phi) is 3.91. The third-order valence-electron chi connectivity index (χ3n) is 3.45. The van der Waals surface area contributed by atoms with Crippen molar-refractivity contribution < 1.29 is 4.74 Å². The van der Waals surface area contributed by atoms with Gasteiger partial charge in [-0.05, 0) is 52.0 Å². The summed E-state index contributed by atoms with van der Waals surface area (Å²) in [5.41, 5.74) is 8.93. The van der Waals surface area contributed by atoms with Gasteiger partial charge in [-0.15, -0.1) is 11.3 Å². The molecule has 19 heavy (non-hydrogen) atoms. The lowest BCUT2D eigenvalue weighted by Crippen LogP contribution is -2.09. The highest BCUT2D eigenvalue weighted by Gasteiger charge is 2.13. The zero-order chi connectivity index (χ0) is 13.2. The average molecular weight is 338 g/mol. The summed E-state index contributed by atoms with van der Waals surface area (Å²) in [4.78, 5) is 1.25. The number of hydrogen-bond donors (Lipinski definition) is 1. The summed E-state index contributed by atoms with van der Waals surface area (Å²) in [5, 5.41) is 2.09. The van der Waals surface area contributed by atoms with Gasteiger partial charge in [0.1, 0.15) is 5.75 Å². The van der Waals surface area contributed by atoms with Gasteiger partial charge in [-0.25, -0.2) is 0 Å². The molecular formula is C15H16BrNOS. The lowest BCUT2D eigenvalue weighted by Gasteiger charge is -2.10. The first-order chi connectivity index (χ1) is 9.22. The van der Waals surface area contributed by atoms with Crippen LogP contribution < -0.4 is 10.5 Å². The van der Waals surface area contributed by atoms with Crippen molar-refractivity contribution in [2.75, 3.05) is 6.61 Å². The fourth-order valence-corrected chi connectivity index (χ4v) is 3.87. The second-order valence-electron chi connectivity index (χ2n) is 4.85. The zero-order valence-electron chi connectivity index (χ0n) is 10.6. The highest BCUT2D eigenvalue weighted by molar-refractivity contribution is 9.10. The van der Waals surface area contributed by atoms with Crippen molar-refractivity contribution in [2.24, 2.45) is 5.73 Å². The van der Waals surface area contributed by atoms with Crippen molar-refractivity contribution in [1.29, 1.82) is 0 Å². The summed E-state index contributed by atoms with van der Waals surface area (Å²) in [7, 11) is 0. The molecule has 1 unspecified atom stereocenters. The number of benzene rings is 1. The fourth-order valence-electron chi connectivity index (χ4n) is 2.38. The number of ether oxygens (including phenoxy) is 1. The van der Waals surface area contributed by atoms with E-state index < -0.39 is 0 Å². The molecule has 0 aliphatic carbocycles. The summed E-state index contributed by atoms with van der Waals surface area (Å²) in [5.74, 6) is 1.05. The lowest BCUT2D eigenvalue weighted by molar-refractivity contribution is 0.357. The molecule has 1 atom stereocenters. The van der Waals surface area contributed by atoms with Crippen LogP contribution in [-0.2, 0) is 12.8 Å². The van der Waals surface area contributed by atoms with Crippen LogP contribution >= 0.6 is 27.3 Å². The molecule has 0 fully saturated rings. The molecule has 0 saturated carbocycles. The smallest absolute Gasteiger partial charge is 0.122 e. The Hall–Kier alpha value is -0.840. The quantitative estimate of drug-likeness (QED) is 0.912. The first-order valence-corrected chi connectivity index (χ1v) is 8.14. The molecule has 1 aliphatic rings. The molecule has 0 saturated heterocycles. The molecule has 0 spiro atoms. The van der Waals surface area contributed by atoms with E-state index >= 15 is 0 Å². The molecule has 4 heteroatoms. The number of nitrogens with two attached hydrogens (primary N) is 1. The van der Waals surface area contributed by atoms with E-state index in [1.54, 1.807) is 11.3 Å². The predicted octanol–water partition coefficient (Wildman–Crippen LogP) is 4.08. The molecule has 100 valence electrons. The van der Waals surface area contributed by atoms with Gasteiger partial charge in [0.05, 0.1) is 6.61 Å². The van der Waals surface area contributed by atoms with E-state index in [-0.39, 0.29) is 6.04 Å². The van der Waals surface area contributed by atoms with Crippen LogP contribution in [0.1, 0.15) is 28.5 Å². The first-order valence-electron chi connectivity index (χ1n) is 6.46. The number of halogens is 1. The van der Waals surface area contributed by atoms with Gasteiger partial charge in [-0.1, -0.05) is 12.1 Å². The van der Waals surface area contributed by atoms with Crippen LogP contribution in [0.2, 0.25) is 0 Å². The van der Waals surface area contributed by atoms with Gasteiger partial charge in [-0.2, -0.15) is 0 Å². The second-order valence-corrected chi connectivity index (χ2v) is 6.71. The van der Waals surface area contributed by atoms with E-state index in [9.17, 15) is 0 Å². The second kappa shape index (κ2) is 5.65. The van der Waals surface area contributed by atoms with E-state index in [2.05, 4.69) is 45.6 Å².